The van der Waals surface area contributed by atoms with Gasteiger partial charge in [0, 0.05) is 6.54 Å². The highest BCUT2D eigenvalue weighted by molar-refractivity contribution is 7.15. The van der Waals surface area contributed by atoms with E-state index in [0.29, 0.717) is 10.6 Å². The third-order valence-corrected chi connectivity index (χ3v) is 5.00. The predicted molar refractivity (Wildman–Crippen MR) is 105 cm³/mol. The molecule has 0 unspecified atom stereocenters. The molecule has 28 heavy (non-hydrogen) atoms. The quantitative estimate of drug-likeness (QED) is 0.631. The van der Waals surface area contributed by atoms with E-state index >= 15 is 0 Å². The molecule has 2 N–H and O–H groups in total. The second kappa shape index (κ2) is 8.73. The number of aromatic nitrogens is 2. The average molecular weight is 418 g/mol. The van der Waals surface area contributed by atoms with Crippen LogP contribution >= 0.6 is 22.9 Å². The highest BCUT2D eigenvalue weighted by Gasteiger charge is 2.14. The largest absolute Gasteiger partial charge is 0.478 e. The number of nitrogens with one attached hydrogen (secondary N) is 1. The lowest BCUT2D eigenvalue weighted by Gasteiger charge is -2.02. The number of hydrogen-bond donors (Lipinski definition) is 2. The fraction of sp³-hybridized carbons (Fsp3) is 0.0526. The van der Waals surface area contributed by atoms with Crippen LogP contribution < -0.4 is 5.32 Å². The first-order valence-electron chi connectivity index (χ1n) is 7.99. The highest BCUT2D eigenvalue weighted by Crippen LogP contribution is 2.25. The van der Waals surface area contributed by atoms with Gasteiger partial charge < -0.3 is 10.4 Å². The average Bonchev–Trinajstić information content (AvgIpc) is 3.18. The van der Waals surface area contributed by atoms with E-state index in [1.807, 2.05) is 0 Å². The zero-order valence-corrected chi connectivity index (χ0v) is 15.8. The summed E-state index contributed by atoms with van der Waals surface area (Å²) in [5, 5.41) is 20.1. The zero-order chi connectivity index (χ0) is 20.1. The molecular formula is C19H13ClFN3O3S. The predicted octanol–water partition coefficient (Wildman–Crippen LogP) is 4.04. The molecule has 0 spiro atoms. The maximum Gasteiger partial charge on any atom is 0.335 e. The molecule has 0 bridgehead atoms. The van der Waals surface area contributed by atoms with Crippen LogP contribution in [-0.2, 0) is 6.54 Å². The summed E-state index contributed by atoms with van der Waals surface area (Å²) >= 11 is 7.26. The van der Waals surface area contributed by atoms with Crippen molar-refractivity contribution in [3.05, 3.63) is 81.1 Å². The van der Waals surface area contributed by atoms with E-state index in [4.69, 9.17) is 16.7 Å². The molecule has 0 saturated heterocycles. The minimum atomic E-state index is -1.01. The number of rotatable bonds is 6. The summed E-state index contributed by atoms with van der Waals surface area (Å²) in [4.78, 5) is 23.1. The second-order valence-electron chi connectivity index (χ2n) is 5.64. The van der Waals surface area contributed by atoms with Crippen LogP contribution in [0.1, 0.15) is 36.3 Å². The Morgan fingerprint density at radius 2 is 1.71 bits per heavy atom. The normalized spacial score (nSPS) is 11.3. The number of hydrogen-bond acceptors (Lipinski definition) is 5. The summed E-state index contributed by atoms with van der Waals surface area (Å²) in [6, 6.07) is 12.0. The molecule has 1 aromatic heterocycles. The van der Waals surface area contributed by atoms with Gasteiger partial charge in [-0.1, -0.05) is 47.2 Å². The smallest absolute Gasteiger partial charge is 0.335 e. The van der Waals surface area contributed by atoms with E-state index in [9.17, 15) is 14.0 Å². The van der Waals surface area contributed by atoms with Crippen LogP contribution in [0, 0.1) is 5.82 Å². The molecule has 1 amide bonds. The Bertz CT molecular complexity index is 1030. The van der Waals surface area contributed by atoms with Crippen LogP contribution in [-0.4, -0.2) is 27.2 Å². The Morgan fingerprint density at radius 3 is 2.36 bits per heavy atom. The monoisotopic (exact) mass is 417 g/mol. The summed E-state index contributed by atoms with van der Waals surface area (Å²) in [5.74, 6) is -1.77. The van der Waals surface area contributed by atoms with Gasteiger partial charge in [-0.15, -0.1) is 10.2 Å². The van der Waals surface area contributed by atoms with Crippen molar-refractivity contribution >= 4 is 45.9 Å². The van der Waals surface area contributed by atoms with Gasteiger partial charge in [-0.05, 0) is 41.5 Å². The summed E-state index contributed by atoms with van der Waals surface area (Å²) in [6.45, 7) is 0.230. The fourth-order valence-electron chi connectivity index (χ4n) is 2.20. The maximum absolute atomic E-state index is 12.9. The van der Waals surface area contributed by atoms with Crippen molar-refractivity contribution in [2.45, 2.75) is 6.54 Å². The number of aromatic carboxylic acids is 1. The Kier molecular flexibility index (Phi) is 6.13. The first-order valence-corrected chi connectivity index (χ1v) is 9.19. The van der Waals surface area contributed by atoms with Crippen LogP contribution in [0.3, 0.4) is 0 Å². The molecular weight excluding hydrogens is 405 g/mol. The lowest BCUT2D eigenvalue weighted by Crippen LogP contribution is -2.22. The lowest BCUT2D eigenvalue weighted by atomic mass is 10.1. The Morgan fingerprint density at radius 1 is 1.07 bits per heavy atom. The number of amides is 1. The van der Waals surface area contributed by atoms with Crippen molar-refractivity contribution in [3.63, 3.8) is 0 Å². The van der Waals surface area contributed by atoms with Gasteiger partial charge in [-0.25, -0.2) is 9.18 Å². The third-order valence-electron chi connectivity index (χ3n) is 3.64. The molecule has 1 heterocycles. The third kappa shape index (κ3) is 4.99. The Labute approximate surface area is 168 Å². The molecule has 0 aliphatic carbocycles. The van der Waals surface area contributed by atoms with E-state index < -0.39 is 11.9 Å². The molecule has 6 nitrogen and oxygen atoms in total. The zero-order valence-electron chi connectivity index (χ0n) is 14.2. The topological polar surface area (TPSA) is 92.2 Å². The molecule has 142 valence electrons. The number of halogens is 2. The fourth-order valence-corrected chi connectivity index (χ4v) is 3.15. The van der Waals surface area contributed by atoms with Gasteiger partial charge >= 0.3 is 5.97 Å². The SMILES string of the molecule is O=C(O)c1ccc(/C=C(/Cl)c2nnc(C(=O)NCc3ccc(F)cc3)s2)cc1. The van der Waals surface area contributed by atoms with E-state index in [2.05, 4.69) is 15.5 Å². The minimum absolute atomic E-state index is 0.143. The van der Waals surface area contributed by atoms with Crippen molar-refractivity contribution < 1.29 is 19.1 Å². The molecule has 0 radical (unpaired) electrons. The van der Waals surface area contributed by atoms with Gasteiger partial charge in [0.2, 0.25) is 5.01 Å². The van der Waals surface area contributed by atoms with Gasteiger partial charge in [0.05, 0.1) is 10.6 Å². The van der Waals surface area contributed by atoms with Gasteiger partial charge in [-0.3, -0.25) is 4.79 Å². The molecule has 0 aliphatic heterocycles. The number of carboxylic acid groups (broad SMARTS) is 1. The standard InChI is InChI=1S/C19H13ClFN3O3S/c20-15(9-11-1-5-13(6-2-11)19(26)27)17-23-24-18(28-17)16(25)22-10-12-3-7-14(21)8-4-12/h1-9H,10H2,(H,22,25)(H,26,27)/b15-9+. The molecule has 0 aliphatic rings. The number of carboxylic acids is 1. The first-order chi connectivity index (χ1) is 13.4. The number of nitrogens with zero attached hydrogens (tertiary/aromatic N) is 2. The molecule has 3 rings (SSSR count). The van der Waals surface area contributed by atoms with Crippen molar-refractivity contribution in [3.8, 4) is 0 Å². The van der Waals surface area contributed by atoms with E-state index in [1.54, 1.807) is 30.3 Å². The van der Waals surface area contributed by atoms with Crippen molar-refractivity contribution in [1.29, 1.82) is 0 Å². The van der Waals surface area contributed by atoms with Crippen LogP contribution in [0.5, 0.6) is 0 Å². The van der Waals surface area contributed by atoms with Crippen LogP contribution in [0.2, 0.25) is 0 Å². The number of carbonyl (C=O) groups is 2. The molecule has 0 fully saturated rings. The Balaban J connectivity index is 1.65. The molecule has 3 aromatic rings. The maximum atomic E-state index is 12.9. The lowest BCUT2D eigenvalue weighted by molar-refractivity contribution is 0.0696. The van der Waals surface area contributed by atoms with Crippen molar-refractivity contribution in [2.75, 3.05) is 0 Å². The van der Waals surface area contributed by atoms with Gasteiger partial charge in [0.1, 0.15) is 5.82 Å². The van der Waals surface area contributed by atoms with Gasteiger partial charge in [0.15, 0.2) is 5.01 Å². The van der Waals surface area contributed by atoms with Crippen molar-refractivity contribution in [2.24, 2.45) is 0 Å². The first kappa shape index (κ1) is 19.7. The molecule has 2 aromatic carbocycles. The van der Waals surface area contributed by atoms with Crippen LogP contribution in [0.15, 0.2) is 48.5 Å². The van der Waals surface area contributed by atoms with E-state index in [0.717, 1.165) is 16.9 Å². The minimum Gasteiger partial charge on any atom is -0.478 e. The molecule has 9 heteroatoms. The van der Waals surface area contributed by atoms with Crippen molar-refractivity contribution in [1.82, 2.24) is 15.5 Å². The number of carbonyl (C=O) groups excluding carboxylic acids is 1. The molecule has 0 saturated carbocycles. The Hall–Kier alpha value is -3.10. The van der Waals surface area contributed by atoms with Crippen LogP contribution in [0.4, 0.5) is 4.39 Å². The second-order valence-corrected chi connectivity index (χ2v) is 7.03. The summed E-state index contributed by atoms with van der Waals surface area (Å²) in [6.07, 6.45) is 1.61. The van der Waals surface area contributed by atoms with Crippen LogP contribution in [0.25, 0.3) is 11.1 Å². The summed E-state index contributed by atoms with van der Waals surface area (Å²) in [7, 11) is 0. The summed E-state index contributed by atoms with van der Waals surface area (Å²) < 4.78 is 12.9. The highest BCUT2D eigenvalue weighted by atomic mass is 35.5. The van der Waals surface area contributed by atoms with E-state index in [1.165, 1.54) is 24.3 Å². The van der Waals surface area contributed by atoms with Gasteiger partial charge in [0.25, 0.3) is 5.91 Å². The number of benzene rings is 2. The van der Waals surface area contributed by atoms with Gasteiger partial charge in [-0.2, -0.15) is 0 Å². The summed E-state index contributed by atoms with van der Waals surface area (Å²) in [5.41, 5.74) is 1.61. The van der Waals surface area contributed by atoms with E-state index in [-0.39, 0.29) is 28.0 Å². The molecule has 0 atom stereocenters.